The summed E-state index contributed by atoms with van der Waals surface area (Å²) in [7, 11) is 0. The van der Waals surface area contributed by atoms with Gasteiger partial charge in [-0.3, -0.25) is 0 Å². The van der Waals surface area contributed by atoms with Crippen LogP contribution in [0.15, 0.2) is 0 Å². The molecule has 57 valence electrons. The van der Waals surface area contributed by atoms with Crippen molar-refractivity contribution in [3.05, 3.63) is 0 Å². The molecule has 3 fully saturated rings. The molecule has 0 saturated heterocycles. The summed E-state index contributed by atoms with van der Waals surface area (Å²) >= 11 is 0. The van der Waals surface area contributed by atoms with E-state index in [1.807, 2.05) is 0 Å². The molecule has 1 nitrogen and oxygen atoms in total. The highest BCUT2D eigenvalue weighted by Crippen LogP contribution is 2.44. The predicted molar refractivity (Wildman–Crippen MR) is 39.1 cm³/mol. The molecule has 10 heavy (non-hydrogen) atoms. The molecule has 0 spiro atoms. The van der Waals surface area contributed by atoms with Crippen LogP contribution < -0.4 is 0 Å². The number of fused-ring (bicyclic) bond motifs is 3. The summed E-state index contributed by atoms with van der Waals surface area (Å²) in [6.07, 6.45) is 6.81. The molecule has 0 heterocycles. The Morgan fingerprint density at radius 1 is 1.10 bits per heavy atom. The lowest BCUT2D eigenvalue weighted by Gasteiger charge is -2.41. The molecule has 0 aliphatic heterocycles. The first kappa shape index (κ1) is 6.66. The molecule has 0 aromatic rings. The minimum Gasteiger partial charge on any atom is -0.236 e. The van der Waals surface area contributed by atoms with Crippen LogP contribution in [-0.2, 0) is 5.11 Å². The Kier molecular flexibility index (Phi) is 1.69. The molecule has 3 rings (SSSR count). The fraction of sp³-hybridized carbons (Fsp3) is 1.00. The van der Waals surface area contributed by atoms with Crippen molar-refractivity contribution in [2.75, 3.05) is 6.61 Å². The summed E-state index contributed by atoms with van der Waals surface area (Å²) in [5.74, 6) is 2.32. The monoisotopic (exact) mass is 139 g/mol. The van der Waals surface area contributed by atoms with E-state index in [0.717, 1.165) is 11.8 Å². The van der Waals surface area contributed by atoms with Crippen molar-refractivity contribution in [1.82, 2.24) is 0 Å². The molecule has 1 heteroatoms. The molecular weight excluding hydrogens is 124 g/mol. The van der Waals surface area contributed by atoms with Crippen LogP contribution in [0.25, 0.3) is 0 Å². The molecule has 3 aliphatic rings. The van der Waals surface area contributed by atoms with Crippen LogP contribution >= 0.6 is 0 Å². The summed E-state index contributed by atoms with van der Waals surface area (Å²) in [5, 5.41) is 10.7. The maximum atomic E-state index is 10.7. The van der Waals surface area contributed by atoms with E-state index in [4.69, 9.17) is 0 Å². The zero-order chi connectivity index (χ0) is 6.97. The Morgan fingerprint density at radius 2 is 1.80 bits per heavy atom. The van der Waals surface area contributed by atoms with E-state index in [0.29, 0.717) is 5.92 Å². The largest absolute Gasteiger partial charge is 0.236 e. The molecule has 1 atom stereocenters. The number of hydrogen-bond donors (Lipinski definition) is 0. The fourth-order valence-corrected chi connectivity index (χ4v) is 2.72. The van der Waals surface area contributed by atoms with Gasteiger partial charge in [-0.1, -0.05) is 12.8 Å². The van der Waals surface area contributed by atoms with Crippen molar-refractivity contribution in [1.29, 1.82) is 0 Å². The summed E-state index contributed by atoms with van der Waals surface area (Å²) in [5.41, 5.74) is 0. The van der Waals surface area contributed by atoms with Gasteiger partial charge in [0.1, 0.15) is 0 Å². The highest BCUT2D eigenvalue weighted by atomic mass is 16.3. The van der Waals surface area contributed by atoms with E-state index in [1.165, 1.54) is 32.1 Å². The third-order valence-corrected chi connectivity index (χ3v) is 3.41. The van der Waals surface area contributed by atoms with Gasteiger partial charge in [0, 0.05) is 0 Å². The first-order chi connectivity index (χ1) is 4.90. The lowest BCUT2D eigenvalue weighted by atomic mass is 9.65. The lowest BCUT2D eigenvalue weighted by Crippen LogP contribution is -2.32. The molecule has 0 amide bonds. The third-order valence-electron chi connectivity index (χ3n) is 3.41. The van der Waals surface area contributed by atoms with Crippen LogP contribution in [0.5, 0.6) is 0 Å². The standard InChI is InChI=1S/C9H15O/c10-6-9-5-7-1-3-8(9)4-2-7/h7-9H,1-6H2. The van der Waals surface area contributed by atoms with Crippen molar-refractivity contribution in [3.63, 3.8) is 0 Å². The Bertz CT molecular complexity index is 114. The second kappa shape index (κ2) is 2.54. The Hall–Kier alpha value is -0.0400. The van der Waals surface area contributed by atoms with Crippen molar-refractivity contribution in [3.8, 4) is 0 Å². The van der Waals surface area contributed by atoms with Gasteiger partial charge < -0.3 is 0 Å². The van der Waals surface area contributed by atoms with Crippen LogP contribution in [0.1, 0.15) is 32.1 Å². The summed E-state index contributed by atoms with van der Waals surface area (Å²) in [6.45, 7) is 0.196. The minimum atomic E-state index is 0.196. The van der Waals surface area contributed by atoms with Crippen molar-refractivity contribution in [2.24, 2.45) is 17.8 Å². The van der Waals surface area contributed by atoms with Gasteiger partial charge in [0.25, 0.3) is 0 Å². The average molecular weight is 139 g/mol. The van der Waals surface area contributed by atoms with Gasteiger partial charge in [-0.25, -0.2) is 5.11 Å². The molecular formula is C9H15O. The normalized spacial score (nSPS) is 45.9. The van der Waals surface area contributed by atoms with Gasteiger partial charge in [-0.15, -0.1) is 0 Å². The van der Waals surface area contributed by atoms with Crippen LogP contribution in [0.3, 0.4) is 0 Å². The lowest BCUT2D eigenvalue weighted by molar-refractivity contribution is 0.0270. The Labute approximate surface area is 62.4 Å². The van der Waals surface area contributed by atoms with Gasteiger partial charge in [0.05, 0.1) is 6.61 Å². The zero-order valence-corrected chi connectivity index (χ0v) is 6.38. The summed E-state index contributed by atoms with van der Waals surface area (Å²) in [6, 6.07) is 0. The number of hydrogen-bond acceptors (Lipinski definition) is 0. The molecule has 1 radical (unpaired) electrons. The van der Waals surface area contributed by atoms with E-state index in [9.17, 15) is 5.11 Å². The first-order valence-corrected chi connectivity index (χ1v) is 4.48. The highest BCUT2D eigenvalue weighted by Gasteiger charge is 2.34. The van der Waals surface area contributed by atoms with E-state index in [1.54, 1.807) is 0 Å². The molecule has 3 aliphatic carbocycles. The van der Waals surface area contributed by atoms with E-state index < -0.39 is 0 Å². The fourth-order valence-electron chi connectivity index (χ4n) is 2.72. The molecule has 0 N–H and O–H groups in total. The van der Waals surface area contributed by atoms with E-state index >= 15 is 0 Å². The number of rotatable bonds is 1. The van der Waals surface area contributed by atoms with Gasteiger partial charge >= 0.3 is 0 Å². The summed E-state index contributed by atoms with van der Waals surface area (Å²) in [4.78, 5) is 0. The molecule has 3 saturated carbocycles. The van der Waals surface area contributed by atoms with E-state index in [-0.39, 0.29) is 6.61 Å². The van der Waals surface area contributed by atoms with E-state index in [2.05, 4.69) is 0 Å². The minimum absolute atomic E-state index is 0.196. The maximum absolute atomic E-state index is 10.7. The quantitative estimate of drug-likeness (QED) is 0.531. The second-order valence-corrected chi connectivity index (χ2v) is 3.94. The topological polar surface area (TPSA) is 19.9 Å². The smallest absolute Gasteiger partial charge is 0.0853 e. The van der Waals surface area contributed by atoms with Crippen LogP contribution in [-0.4, -0.2) is 6.61 Å². The van der Waals surface area contributed by atoms with Crippen molar-refractivity contribution < 1.29 is 5.11 Å². The van der Waals surface area contributed by atoms with Gasteiger partial charge in [-0.2, -0.15) is 0 Å². The van der Waals surface area contributed by atoms with Crippen molar-refractivity contribution in [2.45, 2.75) is 32.1 Å². The molecule has 0 aromatic carbocycles. The molecule has 1 unspecified atom stereocenters. The van der Waals surface area contributed by atoms with Crippen molar-refractivity contribution >= 4 is 0 Å². The maximum Gasteiger partial charge on any atom is 0.0853 e. The highest BCUT2D eigenvalue weighted by molar-refractivity contribution is 4.85. The Balaban J connectivity index is 2.01. The second-order valence-electron chi connectivity index (χ2n) is 3.94. The third kappa shape index (κ3) is 0.968. The van der Waals surface area contributed by atoms with Gasteiger partial charge in [0.15, 0.2) is 0 Å². The SMILES string of the molecule is [O]CC1CC2CCC1CC2. The van der Waals surface area contributed by atoms with Gasteiger partial charge in [-0.05, 0) is 37.0 Å². The molecule has 0 aromatic heterocycles. The van der Waals surface area contributed by atoms with Crippen LogP contribution in [0.2, 0.25) is 0 Å². The van der Waals surface area contributed by atoms with Gasteiger partial charge in [0.2, 0.25) is 0 Å². The first-order valence-electron chi connectivity index (χ1n) is 4.48. The van der Waals surface area contributed by atoms with Crippen LogP contribution in [0, 0.1) is 17.8 Å². The summed E-state index contributed by atoms with van der Waals surface area (Å²) < 4.78 is 0. The zero-order valence-electron chi connectivity index (χ0n) is 6.38. The average Bonchev–Trinajstić information content (AvgIpc) is 2.06. The molecule has 2 bridgehead atoms. The van der Waals surface area contributed by atoms with Crippen LogP contribution in [0.4, 0.5) is 0 Å². The Morgan fingerprint density at radius 3 is 2.10 bits per heavy atom. The predicted octanol–water partition coefficient (Wildman–Crippen LogP) is 2.24.